The number of para-hydroxylation sites is 1. The maximum Gasteiger partial charge on any atom is 0.259 e. The second-order valence-corrected chi connectivity index (χ2v) is 3.93. The van der Waals surface area contributed by atoms with Crippen molar-refractivity contribution in [1.82, 2.24) is 0 Å². The third kappa shape index (κ3) is 3.25. The summed E-state index contributed by atoms with van der Waals surface area (Å²) in [4.78, 5) is 12.0. The predicted octanol–water partition coefficient (Wildman–Crippen LogP) is 3.04. The minimum absolute atomic E-state index is 0.0978. The number of hydrogen-bond donors (Lipinski definition) is 2. The number of aromatic hydroxyl groups is 1. The third-order valence-corrected chi connectivity index (χ3v) is 2.56. The summed E-state index contributed by atoms with van der Waals surface area (Å²) in [5, 5.41) is 12.5. The van der Waals surface area contributed by atoms with Crippen molar-refractivity contribution in [3.05, 3.63) is 54.1 Å². The molecule has 0 saturated heterocycles. The summed E-state index contributed by atoms with van der Waals surface area (Å²) < 4.78 is 5.25. The quantitative estimate of drug-likeness (QED) is 0.885. The predicted molar refractivity (Wildman–Crippen MR) is 73.7 cm³/mol. The summed E-state index contributed by atoms with van der Waals surface area (Å²) in [5.74, 6) is 0.0855. The van der Waals surface area contributed by atoms with E-state index in [0.717, 1.165) is 0 Å². The number of carbonyl (C=O) groups excluding carboxylic acids is 1. The molecule has 1 amide bonds. The van der Waals surface area contributed by atoms with Crippen LogP contribution in [0.25, 0.3) is 0 Å². The van der Waals surface area contributed by atoms with Gasteiger partial charge in [0, 0.05) is 11.8 Å². The molecule has 2 aromatic carbocycles. The van der Waals surface area contributed by atoms with Crippen LogP contribution in [-0.4, -0.2) is 17.6 Å². The van der Waals surface area contributed by atoms with Crippen molar-refractivity contribution >= 4 is 11.6 Å². The lowest BCUT2D eigenvalue weighted by molar-refractivity contribution is 0.102. The number of phenolic OH excluding ortho intramolecular Hbond substituents is 1. The van der Waals surface area contributed by atoms with Crippen LogP contribution >= 0.6 is 0 Å². The van der Waals surface area contributed by atoms with E-state index in [4.69, 9.17) is 4.74 Å². The number of rotatable bonds is 4. The summed E-state index contributed by atoms with van der Waals surface area (Å²) >= 11 is 0. The Morgan fingerprint density at radius 3 is 2.58 bits per heavy atom. The first-order valence-electron chi connectivity index (χ1n) is 6.03. The molecule has 0 spiro atoms. The molecule has 0 saturated carbocycles. The van der Waals surface area contributed by atoms with E-state index in [1.807, 2.05) is 25.1 Å². The first kappa shape index (κ1) is 13.0. The molecule has 2 N–H and O–H groups in total. The lowest BCUT2D eigenvalue weighted by Gasteiger charge is -2.08. The van der Waals surface area contributed by atoms with Crippen LogP contribution in [0.3, 0.4) is 0 Å². The van der Waals surface area contributed by atoms with Crippen LogP contribution in [0, 0.1) is 0 Å². The number of carbonyl (C=O) groups is 1. The Kier molecular flexibility index (Phi) is 4.03. The van der Waals surface area contributed by atoms with Gasteiger partial charge in [-0.2, -0.15) is 0 Å². The maximum atomic E-state index is 12.0. The van der Waals surface area contributed by atoms with Gasteiger partial charge in [-0.3, -0.25) is 4.79 Å². The van der Waals surface area contributed by atoms with Crippen LogP contribution in [0.4, 0.5) is 5.69 Å². The Labute approximate surface area is 111 Å². The smallest absolute Gasteiger partial charge is 0.259 e. The van der Waals surface area contributed by atoms with Gasteiger partial charge in [0.2, 0.25) is 0 Å². The molecule has 0 fully saturated rings. The standard InChI is InChI=1S/C15H15NO3/c1-2-19-12-8-9-13(14(17)10-12)15(18)16-11-6-4-3-5-7-11/h3-10,17H,2H2,1H3,(H,16,18). The molecule has 19 heavy (non-hydrogen) atoms. The van der Waals surface area contributed by atoms with Crippen molar-refractivity contribution in [1.29, 1.82) is 0 Å². The Morgan fingerprint density at radius 1 is 1.21 bits per heavy atom. The Morgan fingerprint density at radius 2 is 1.95 bits per heavy atom. The van der Waals surface area contributed by atoms with Gasteiger partial charge in [0.05, 0.1) is 12.2 Å². The van der Waals surface area contributed by atoms with Crippen LogP contribution in [0.1, 0.15) is 17.3 Å². The number of ether oxygens (including phenoxy) is 1. The highest BCUT2D eigenvalue weighted by molar-refractivity contribution is 6.06. The minimum Gasteiger partial charge on any atom is -0.507 e. The molecule has 2 rings (SSSR count). The fourth-order valence-corrected chi connectivity index (χ4v) is 1.68. The zero-order chi connectivity index (χ0) is 13.7. The van der Waals surface area contributed by atoms with Crippen LogP contribution in [0.5, 0.6) is 11.5 Å². The average molecular weight is 257 g/mol. The van der Waals surface area contributed by atoms with Crippen molar-refractivity contribution in [2.45, 2.75) is 6.92 Å². The highest BCUT2D eigenvalue weighted by Gasteiger charge is 2.12. The molecule has 4 nitrogen and oxygen atoms in total. The first-order chi connectivity index (χ1) is 9.20. The molecule has 0 radical (unpaired) electrons. The number of hydrogen-bond acceptors (Lipinski definition) is 3. The van der Waals surface area contributed by atoms with Crippen LogP contribution in [0.15, 0.2) is 48.5 Å². The lowest BCUT2D eigenvalue weighted by atomic mass is 10.1. The van der Waals surface area contributed by atoms with Crippen LogP contribution in [-0.2, 0) is 0 Å². The van der Waals surface area contributed by atoms with Gasteiger partial charge >= 0.3 is 0 Å². The van der Waals surface area contributed by atoms with Gasteiger partial charge in [-0.1, -0.05) is 18.2 Å². The second-order valence-electron chi connectivity index (χ2n) is 3.93. The van der Waals surface area contributed by atoms with Gasteiger partial charge in [-0.05, 0) is 31.2 Å². The average Bonchev–Trinajstić information content (AvgIpc) is 2.40. The van der Waals surface area contributed by atoms with Crippen LogP contribution < -0.4 is 10.1 Å². The third-order valence-electron chi connectivity index (χ3n) is 2.56. The highest BCUT2D eigenvalue weighted by atomic mass is 16.5. The lowest BCUT2D eigenvalue weighted by Crippen LogP contribution is -2.12. The van der Waals surface area contributed by atoms with E-state index < -0.39 is 0 Å². The number of amides is 1. The molecule has 0 aliphatic carbocycles. The topological polar surface area (TPSA) is 58.6 Å². The van der Waals surface area contributed by atoms with Gasteiger partial charge in [-0.25, -0.2) is 0 Å². The molecule has 0 bridgehead atoms. The number of anilines is 1. The zero-order valence-electron chi connectivity index (χ0n) is 10.6. The second kappa shape index (κ2) is 5.91. The molecule has 4 heteroatoms. The Hall–Kier alpha value is -2.49. The van der Waals surface area contributed by atoms with E-state index >= 15 is 0 Å². The largest absolute Gasteiger partial charge is 0.507 e. The van der Waals surface area contributed by atoms with Gasteiger partial charge in [-0.15, -0.1) is 0 Å². The van der Waals surface area contributed by atoms with Gasteiger partial charge in [0.25, 0.3) is 5.91 Å². The Balaban J connectivity index is 2.15. The van der Waals surface area contributed by atoms with E-state index in [9.17, 15) is 9.90 Å². The summed E-state index contributed by atoms with van der Waals surface area (Å²) in [6, 6.07) is 13.7. The highest BCUT2D eigenvalue weighted by Crippen LogP contribution is 2.24. The van der Waals surface area contributed by atoms with E-state index in [-0.39, 0.29) is 17.2 Å². The van der Waals surface area contributed by atoms with Gasteiger partial charge in [0.15, 0.2) is 0 Å². The summed E-state index contributed by atoms with van der Waals surface area (Å²) in [5.41, 5.74) is 0.896. The van der Waals surface area contributed by atoms with E-state index in [0.29, 0.717) is 18.0 Å². The molecular formula is C15H15NO3. The van der Waals surface area contributed by atoms with E-state index in [1.54, 1.807) is 24.3 Å². The monoisotopic (exact) mass is 257 g/mol. The summed E-state index contributed by atoms with van der Waals surface area (Å²) in [6.07, 6.45) is 0. The SMILES string of the molecule is CCOc1ccc(C(=O)Nc2ccccc2)c(O)c1. The molecule has 0 aromatic heterocycles. The fraction of sp³-hybridized carbons (Fsp3) is 0.133. The molecule has 0 atom stereocenters. The normalized spacial score (nSPS) is 9.95. The van der Waals surface area contributed by atoms with Crippen molar-refractivity contribution in [3.63, 3.8) is 0 Å². The maximum absolute atomic E-state index is 12.0. The number of nitrogens with one attached hydrogen (secondary N) is 1. The van der Waals surface area contributed by atoms with Gasteiger partial charge < -0.3 is 15.2 Å². The first-order valence-corrected chi connectivity index (χ1v) is 6.03. The molecule has 2 aromatic rings. The van der Waals surface area contributed by atoms with Crippen molar-refractivity contribution < 1.29 is 14.6 Å². The van der Waals surface area contributed by atoms with Crippen molar-refractivity contribution in [2.75, 3.05) is 11.9 Å². The molecular weight excluding hydrogens is 242 g/mol. The van der Waals surface area contributed by atoms with Crippen LogP contribution in [0.2, 0.25) is 0 Å². The summed E-state index contributed by atoms with van der Waals surface area (Å²) in [7, 11) is 0. The molecule has 0 unspecified atom stereocenters. The molecule has 0 aliphatic rings. The summed E-state index contributed by atoms with van der Waals surface area (Å²) in [6.45, 7) is 2.36. The minimum atomic E-state index is -0.355. The molecule has 0 heterocycles. The zero-order valence-corrected chi connectivity index (χ0v) is 10.6. The van der Waals surface area contributed by atoms with E-state index in [1.165, 1.54) is 6.07 Å². The Bertz CT molecular complexity index is 567. The van der Waals surface area contributed by atoms with E-state index in [2.05, 4.69) is 5.32 Å². The molecule has 0 aliphatic heterocycles. The number of benzene rings is 2. The molecule has 98 valence electrons. The van der Waals surface area contributed by atoms with Gasteiger partial charge in [0.1, 0.15) is 11.5 Å². The van der Waals surface area contributed by atoms with Crippen molar-refractivity contribution in [2.24, 2.45) is 0 Å². The number of phenols is 1. The van der Waals surface area contributed by atoms with Crippen molar-refractivity contribution in [3.8, 4) is 11.5 Å². The fourth-order valence-electron chi connectivity index (χ4n) is 1.68.